The zero-order valence-corrected chi connectivity index (χ0v) is 14.8. The molecule has 0 heterocycles. The second-order valence-corrected chi connectivity index (χ2v) is 9.08. The number of hydrogen-bond donors (Lipinski definition) is 0. The SMILES string of the molecule is CCCCC(CC)[S+](C(C)C)C(C)C(CC)CC. The van der Waals surface area contributed by atoms with Crippen LogP contribution in [0.25, 0.3) is 0 Å². The average Bonchev–Trinajstić information content (AvgIpc) is 2.35. The maximum absolute atomic E-state index is 2.54. The van der Waals surface area contributed by atoms with Crippen molar-refractivity contribution in [2.75, 3.05) is 0 Å². The van der Waals surface area contributed by atoms with E-state index in [0.29, 0.717) is 10.9 Å². The summed E-state index contributed by atoms with van der Waals surface area (Å²) in [5.41, 5.74) is 0. The van der Waals surface area contributed by atoms with Gasteiger partial charge in [-0.25, -0.2) is 0 Å². The van der Waals surface area contributed by atoms with Crippen molar-refractivity contribution in [1.29, 1.82) is 0 Å². The molecule has 0 fully saturated rings. The van der Waals surface area contributed by atoms with Crippen LogP contribution in [-0.4, -0.2) is 15.7 Å². The van der Waals surface area contributed by atoms with E-state index in [4.69, 9.17) is 0 Å². The Morgan fingerprint density at radius 2 is 1.39 bits per heavy atom. The average molecular weight is 274 g/mol. The van der Waals surface area contributed by atoms with E-state index >= 15 is 0 Å². The van der Waals surface area contributed by atoms with E-state index in [1.54, 1.807) is 0 Å². The predicted octanol–water partition coefficient (Wildman–Crippen LogP) is 5.81. The molecule has 18 heavy (non-hydrogen) atoms. The molecule has 0 aliphatic heterocycles. The minimum absolute atomic E-state index is 0.610. The number of rotatable bonds is 10. The Balaban J connectivity index is 4.79. The fourth-order valence-electron chi connectivity index (χ4n) is 3.26. The van der Waals surface area contributed by atoms with Crippen molar-refractivity contribution in [3.8, 4) is 0 Å². The van der Waals surface area contributed by atoms with Crippen LogP contribution in [0.2, 0.25) is 0 Å². The monoisotopic (exact) mass is 273 g/mol. The first-order chi connectivity index (χ1) is 8.53. The first kappa shape index (κ1) is 18.4. The van der Waals surface area contributed by atoms with E-state index in [-0.39, 0.29) is 0 Å². The molecule has 0 aromatic carbocycles. The topological polar surface area (TPSA) is 0 Å². The summed E-state index contributed by atoms with van der Waals surface area (Å²) < 4.78 is 0. The normalized spacial score (nSPS) is 17.2. The molecule has 0 rings (SSSR count). The minimum atomic E-state index is 0.610. The van der Waals surface area contributed by atoms with Gasteiger partial charge in [0.05, 0.1) is 0 Å². The van der Waals surface area contributed by atoms with Gasteiger partial charge in [-0.2, -0.15) is 0 Å². The molecule has 3 unspecified atom stereocenters. The fourth-order valence-corrected chi connectivity index (χ4v) is 7.15. The van der Waals surface area contributed by atoms with E-state index in [0.717, 1.165) is 21.7 Å². The van der Waals surface area contributed by atoms with Crippen LogP contribution in [0, 0.1) is 5.92 Å². The van der Waals surface area contributed by atoms with Gasteiger partial charge < -0.3 is 0 Å². The van der Waals surface area contributed by atoms with Crippen molar-refractivity contribution in [3.63, 3.8) is 0 Å². The van der Waals surface area contributed by atoms with Gasteiger partial charge in [-0.3, -0.25) is 0 Å². The molecule has 0 nitrogen and oxygen atoms in total. The Morgan fingerprint density at radius 3 is 1.72 bits per heavy atom. The summed E-state index contributed by atoms with van der Waals surface area (Å²) in [4.78, 5) is 0. The van der Waals surface area contributed by atoms with E-state index in [9.17, 15) is 0 Å². The molecule has 0 aliphatic carbocycles. The Labute approximate surface area is 120 Å². The van der Waals surface area contributed by atoms with Crippen LogP contribution in [-0.2, 0) is 10.9 Å². The summed E-state index contributed by atoms with van der Waals surface area (Å²) >= 11 is 0. The van der Waals surface area contributed by atoms with Crippen LogP contribution in [0.4, 0.5) is 0 Å². The van der Waals surface area contributed by atoms with Gasteiger partial charge in [-0.1, -0.05) is 34.1 Å². The molecule has 0 amide bonds. The van der Waals surface area contributed by atoms with Crippen LogP contribution < -0.4 is 0 Å². The van der Waals surface area contributed by atoms with E-state index < -0.39 is 0 Å². The Morgan fingerprint density at radius 1 is 0.833 bits per heavy atom. The molecule has 1 heteroatoms. The van der Waals surface area contributed by atoms with Crippen molar-refractivity contribution in [2.45, 2.75) is 103 Å². The molecule has 0 bridgehead atoms. The highest BCUT2D eigenvalue weighted by Crippen LogP contribution is 2.31. The smallest absolute Gasteiger partial charge is 0.0654 e. The third kappa shape index (κ3) is 5.55. The largest absolute Gasteiger partial charge is 0.118 e. The summed E-state index contributed by atoms with van der Waals surface area (Å²) in [6.45, 7) is 16.9. The van der Waals surface area contributed by atoms with Crippen molar-refractivity contribution >= 4 is 10.9 Å². The van der Waals surface area contributed by atoms with Crippen molar-refractivity contribution in [2.24, 2.45) is 5.92 Å². The van der Waals surface area contributed by atoms with Crippen LogP contribution in [0.5, 0.6) is 0 Å². The van der Waals surface area contributed by atoms with Gasteiger partial charge in [0, 0.05) is 5.92 Å². The van der Waals surface area contributed by atoms with E-state index in [1.165, 1.54) is 38.5 Å². The van der Waals surface area contributed by atoms with Gasteiger partial charge in [0.1, 0.15) is 15.7 Å². The van der Waals surface area contributed by atoms with Gasteiger partial charge in [-0.15, -0.1) is 0 Å². The molecule has 0 aliphatic rings. The molecular weight excluding hydrogens is 236 g/mol. The Hall–Kier alpha value is 0.350. The minimum Gasteiger partial charge on any atom is -0.0654 e. The lowest BCUT2D eigenvalue weighted by Gasteiger charge is -2.30. The molecule has 0 saturated carbocycles. The fraction of sp³-hybridized carbons (Fsp3) is 1.00. The second-order valence-electron chi connectivity index (χ2n) is 5.91. The summed E-state index contributed by atoms with van der Waals surface area (Å²) in [5, 5.41) is 2.75. The van der Waals surface area contributed by atoms with Crippen molar-refractivity contribution in [1.82, 2.24) is 0 Å². The lowest BCUT2D eigenvalue weighted by molar-refractivity contribution is 0.481. The highest BCUT2D eigenvalue weighted by Gasteiger charge is 2.39. The summed E-state index contributed by atoms with van der Waals surface area (Å²) in [6, 6.07) is 0. The first-order valence-corrected chi connectivity index (χ1v) is 9.65. The van der Waals surface area contributed by atoms with Gasteiger partial charge in [0.25, 0.3) is 0 Å². The van der Waals surface area contributed by atoms with Crippen LogP contribution in [0.15, 0.2) is 0 Å². The van der Waals surface area contributed by atoms with Crippen molar-refractivity contribution < 1.29 is 0 Å². The predicted molar refractivity (Wildman–Crippen MR) is 89.6 cm³/mol. The van der Waals surface area contributed by atoms with Gasteiger partial charge >= 0.3 is 0 Å². The van der Waals surface area contributed by atoms with Gasteiger partial charge in [-0.05, 0) is 63.8 Å². The second kappa shape index (κ2) is 10.2. The van der Waals surface area contributed by atoms with Crippen LogP contribution in [0.1, 0.15) is 87.0 Å². The summed E-state index contributed by atoms with van der Waals surface area (Å²) in [5.74, 6) is 0.936. The maximum Gasteiger partial charge on any atom is 0.118 e. The van der Waals surface area contributed by atoms with Gasteiger partial charge in [0.15, 0.2) is 0 Å². The van der Waals surface area contributed by atoms with Gasteiger partial charge in [0.2, 0.25) is 0 Å². The lowest BCUT2D eigenvalue weighted by Crippen LogP contribution is -2.40. The van der Waals surface area contributed by atoms with E-state index in [2.05, 4.69) is 48.5 Å². The highest BCUT2D eigenvalue weighted by molar-refractivity contribution is 7.98. The van der Waals surface area contributed by atoms with Crippen LogP contribution in [0.3, 0.4) is 0 Å². The summed E-state index contributed by atoms with van der Waals surface area (Å²) in [7, 11) is 0.610. The first-order valence-electron chi connectivity index (χ1n) is 8.23. The quantitative estimate of drug-likeness (QED) is 0.441. The van der Waals surface area contributed by atoms with Crippen molar-refractivity contribution in [3.05, 3.63) is 0 Å². The third-order valence-electron chi connectivity index (χ3n) is 4.41. The zero-order chi connectivity index (χ0) is 14.1. The molecule has 0 N–H and O–H groups in total. The highest BCUT2D eigenvalue weighted by atomic mass is 32.2. The molecule has 0 spiro atoms. The number of hydrogen-bond acceptors (Lipinski definition) is 0. The number of unbranched alkanes of at least 4 members (excludes halogenated alkanes) is 1. The summed E-state index contributed by atoms with van der Waals surface area (Å²) in [6.07, 6.45) is 8.33. The third-order valence-corrected chi connectivity index (χ3v) is 8.08. The standard InChI is InChI=1S/C17H37S/c1-8-12-13-17(11-4)18(14(5)6)15(7)16(9-2)10-3/h14-17H,8-13H2,1-7H3/q+1. The van der Waals surface area contributed by atoms with E-state index in [1.807, 2.05) is 0 Å². The Kier molecular flexibility index (Phi) is 10.4. The molecular formula is C17H37S+. The molecule has 110 valence electrons. The zero-order valence-electron chi connectivity index (χ0n) is 14.0. The molecule has 0 aromatic rings. The molecule has 0 aromatic heterocycles. The maximum atomic E-state index is 2.54. The molecule has 0 saturated heterocycles. The van der Waals surface area contributed by atoms with Crippen LogP contribution >= 0.6 is 0 Å². The molecule has 3 atom stereocenters. The molecule has 0 radical (unpaired) electrons. The lowest BCUT2D eigenvalue weighted by atomic mass is 10.0. The Bertz CT molecular complexity index is 184.